The Labute approximate surface area is 243 Å². The third-order valence-electron chi connectivity index (χ3n) is 6.93. The van der Waals surface area contributed by atoms with Crippen LogP contribution in [0, 0.1) is 5.82 Å². The molecule has 0 aliphatic rings. The predicted octanol–water partition coefficient (Wildman–Crippen LogP) is 4.78. The Morgan fingerprint density at radius 3 is 2.17 bits per heavy atom. The van der Waals surface area contributed by atoms with Gasteiger partial charge in [-0.25, -0.2) is 14.4 Å². The van der Waals surface area contributed by atoms with Crippen molar-refractivity contribution in [2.24, 2.45) is 0 Å². The van der Waals surface area contributed by atoms with Crippen molar-refractivity contribution < 1.29 is 29.3 Å². The number of aliphatic hydroxyl groups is 2. The van der Waals surface area contributed by atoms with Crippen LogP contribution in [0.1, 0.15) is 61.2 Å². The van der Waals surface area contributed by atoms with Gasteiger partial charge in [-0.3, -0.25) is 9.59 Å². The Kier molecular flexibility index (Phi) is 10.2. The summed E-state index contributed by atoms with van der Waals surface area (Å²) in [5, 5.41) is 32.7. The number of carbonyl (C=O) groups excluding carboxylic acids is 1. The highest BCUT2D eigenvalue weighted by Crippen LogP contribution is 2.42. The van der Waals surface area contributed by atoms with Crippen LogP contribution in [0.2, 0.25) is 0 Å². The van der Waals surface area contributed by atoms with Crippen LogP contribution < -0.4 is 5.32 Å². The first-order valence-electron chi connectivity index (χ1n) is 13.9. The molecule has 9 nitrogen and oxygen atoms in total. The van der Waals surface area contributed by atoms with Crippen LogP contribution in [0.15, 0.2) is 73.1 Å². The molecule has 0 saturated heterocycles. The number of rotatable bonds is 13. The number of hydrogen-bond acceptors (Lipinski definition) is 6. The molecular weight excluding hydrogens is 539 g/mol. The number of aromatic nitrogens is 3. The smallest absolute Gasteiger partial charge is 0.305 e. The highest BCUT2D eigenvalue weighted by atomic mass is 19.1. The minimum atomic E-state index is -1.19. The molecule has 2 aromatic carbocycles. The van der Waals surface area contributed by atoms with Gasteiger partial charge >= 0.3 is 5.97 Å². The molecule has 220 valence electrons. The van der Waals surface area contributed by atoms with Crippen LogP contribution in [0.5, 0.6) is 0 Å². The van der Waals surface area contributed by atoms with Gasteiger partial charge in [-0.05, 0) is 62.4 Å². The molecule has 0 spiro atoms. The van der Waals surface area contributed by atoms with Crippen LogP contribution in [-0.2, 0) is 17.8 Å². The molecule has 0 aliphatic heterocycles. The SMILES string of the molecule is CC(C)n1c(CC[C@@H](O)C[C@@H](O)CC(=O)O)c(-c2ccc(F)cc2)c(-c2ccccc2)c1C(=O)NCc1ncccn1. The first kappa shape index (κ1) is 30.5. The highest BCUT2D eigenvalue weighted by molar-refractivity contribution is 6.05. The van der Waals surface area contributed by atoms with Gasteiger partial charge in [-0.15, -0.1) is 0 Å². The molecule has 0 saturated carbocycles. The summed E-state index contributed by atoms with van der Waals surface area (Å²) in [5.41, 5.74) is 4.04. The van der Waals surface area contributed by atoms with Crippen LogP contribution in [0.4, 0.5) is 4.39 Å². The number of aliphatic carboxylic acids is 1. The van der Waals surface area contributed by atoms with Crippen molar-refractivity contribution in [3.05, 3.63) is 96.1 Å². The zero-order valence-electron chi connectivity index (χ0n) is 23.6. The molecule has 2 aromatic heterocycles. The third kappa shape index (κ3) is 7.45. The lowest BCUT2D eigenvalue weighted by Crippen LogP contribution is -2.28. The Hall–Kier alpha value is -4.41. The first-order chi connectivity index (χ1) is 20.2. The zero-order chi connectivity index (χ0) is 30.2. The van der Waals surface area contributed by atoms with Gasteiger partial charge in [0.15, 0.2) is 0 Å². The zero-order valence-corrected chi connectivity index (χ0v) is 23.6. The van der Waals surface area contributed by atoms with E-state index in [4.69, 9.17) is 5.11 Å². The van der Waals surface area contributed by atoms with E-state index in [-0.39, 0.29) is 31.3 Å². The number of halogens is 1. The lowest BCUT2D eigenvalue weighted by Gasteiger charge is -2.20. The molecule has 0 radical (unpaired) electrons. The van der Waals surface area contributed by atoms with Crippen LogP contribution >= 0.6 is 0 Å². The van der Waals surface area contributed by atoms with E-state index in [0.29, 0.717) is 29.1 Å². The summed E-state index contributed by atoms with van der Waals surface area (Å²) < 4.78 is 15.9. The number of nitrogens with zero attached hydrogens (tertiary/aromatic N) is 3. The molecule has 4 aromatic rings. The number of amides is 1. The molecule has 42 heavy (non-hydrogen) atoms. The number of nitrogens with one attached hydrogen (secondary N) is 1. The van der Waals surface area contributed by atoms with E-state index in [1.807, 2.05) is 48.7 Å². The Morgan fingerprint density at radius 2 is 1.55 bits per heavy atom. The summed E-state index contributed by atoms with van der Waals surface area (Å²) in [7, 11) is 0. The molecule has 10 heteroatoms. The Balaban J connectivity index is 1.85. The predicted molar refractivity (Wildman–Crippen MR) is 156 cm³/mol. The minimum absolute atomic E-state index is 0.101. The van der Waals surface area contributed by atoms with E-state index in [9.17, 15) is 24.2 Å². The Morgan fingerprint density at radius 1 is 0.905 bits per heavy atom. The monoisotopic (exact) mass is 574 g/mol. The molecule has 4 rings (SSSR count). The number of carboxylic acids is 1. The summed E-state index contributed by atoms with van der Waals surface area (Å²) >= 11 is 0. The second kappa shape index (κ2) is 14.0. The van der Waals surface area contributed by atoms with Crippen molar-refractivity contribution in [2.45, 2.75) is 64.3 Å². The summed E-state index contributed by atoms with van der Waals surface area (Å²) in [5.74, 6) is -1.43. The fourth-order valence-electron chi connectivity index (χ4n) is 5.17. The molecule has 0 fully saturated rings. The van der Waals surface area contributed by atoms with Gasteiger partial charge in [0.2, 0.25) is 0 Å². The van der Waals surface area contributed by atoms with Crippen molar-refractivity contribution >= 4 is 11.9 Å². The van der Waals surface area contributed by atoms with Gasteiger partial charge in [0.05, 0.1) is 25.2 Å². The van der Waals surface area contributed by atoms with E-state index in [0.717, 1.165) is 16.8 Å². The maximum absolute atomic E-state index is 14.0. The van der Waals surface area contributed by atoms with Crippen molar-refractivity contribution in [1.82, 2.24) is 19.9 Å². The first-order valence-corrected chi connectivity index (χ1v) is 13.9. The van der Waals surface area contributed by atoms with Crippen LogP contribution in [0.25, 0.3) is 22.3 Å². The van der Waals surface area contributed by atoms with Crippen LogP contribution in [-0.4, -0.2) is 53.9 Å². The van der Waals surface area contributed by atoms with E-state index in [2.05, 4.69) is 15.3 Å². The van der Waals surface area contributed by atoms with Gasteiger partial charge in [0, 0.05) is 35.3 Å². The molecule has 1 amide bonds. The van der Waals surface area contributed by atoms with Crippen molar-refractivity contribution in [2.75, 3.05) is 0 Å². The van der Waals surface area contributed by atoms with Gasteiger partial charge < -0.3 is 25.2 Å². The van der Waals surface area contributed by atoms with E-state index < -0.39 is 30.4 Å². The van der Waals surface area contributed by atoms with E-state index in [1.165, 1.54) is 12.1 Å². The lowest BCUT2D eigenvalue weighted by atomic mass is 9.92. The molecule has 4 N–H and O–H groups in total. The van der Waals surface area contributed by atoms with Crippen molar-refractivity contribution in [1.29, 1.82) is 0 Å². The van der Waals surface area contributed by atoms with Gasteiger partial charge in [0.25, 0.3) is 5.91 Å². The summed E-state index contributed by atoms with van der Waals surface area (Å²) in [4.78, 5) is 33.4. The Bertz CT molecular complexity index is 1490. The average Bonchev–Trinajstić information content (AvgIpc) is 3.31. The standard InChI is InChI=1S/C32H35FN4O5/c1-20(2)37-26(14-13-24(38)17-25(39)18-28(40)41)29(22-9-11-23(33)12-10-22)30(21-7-4-3-5-8-21)31(37)32(42)36-19-27-34-15-6-16-35-27/h3-12,15-16,20,24-25,38-39H,13-14,17-19H2,1-2H3,(H,36,42)(H,40,41)/t24-,25-/m1/s1. The molecule has 0 aliphatic carbocycles. The van der Waals surface area contributed by atoms with Crippen molar-refractivity contribution in [3.8, 4) is 22.3 Å². The summed E-state index contributed by atoms with van der Waals surface area (Å²) in [6, 6.07) is 17.0. The van der Waals surface area contributed by atoms with Crippen molar-refractivity contribution in [3.63, 3.8) is 0 Å². The van der Waals surface area contributed by atoms with Gasteiger partial charge in [0.1, 0.15) is 17.3 Å². The highest BCUT2D eigenvalue weighted by Gasteiger charge is 2.30. The molecule has 0 bridgehead atoms. The summed E-state index contributed by atoms with van der Waals surface area (Å²) in [6.45, 7) is 4.02. The third-order valence-corrected chi connectivity index (χ3v) is 6.93. The molecular formula is C32H35FN4O5. The topological polar surface area (TPSA) is 138 Å². The second-order valence-corrected chi connectivity index (χ2v) is 10.4. The number of hydrogen-bond donors (Lipinski definition) is 4. The van der Waals surface area contributed by atoms with Crippen LogP contribution in [0.3, 0.4) is 0 Å². The summed E-state index contributed by atoms with van der Waals surface area (Å²) in [6.07, 6.45) is 0.977. The van der Waals surface area contributed by atoms with Gasteiger partial charge in [-0.1, -0.05) is 42.5 Å². The fourth-order valence-corrected chi connectivity index (χ4v) is 5.17. The van der Waals surface area contributed by atoms with Gasteiger partial charge in [-0.2, -0.15) is 0 Å². The number of aliphatic hydroxyl groups excluding tert-OH is 2. The molecule has 2 atom stereocenters. The molecule has 0 unspecified atom stereocenters. The average molecular weight is 575 g/mol. The largest absolute Gasteiger partial charge is 0.481 e. The number of carboxylic acid groups (broad SMARTS) is 1. The quantitative estimate of drug-likeness (QED) is 0.180. The minimum Gasteiger partial charge on any atom is -0.481 e. The number of carbonyl (C=O) groups is 2. The maximum atomic E-state index is 14.0. The second-order valence-electron chi connectivity index (χ2n) is 10.4. The number of benzene rings is 2. The fraction of sp³-hybridized carbons (Fsp3) is 0.312. The van der Waals surface area contributed by atoms with E-state index in [1.54, 1.807) is 30.6 Å². The van der Waals surface area contributed by atoms with E-state index >= 15 is 0 Å². The maximum Gasteiger partial charge on any atom is 0.305 e. The lowest BCUT2D eigenvalue weighted by molar-refractivity contribution is -0.139. The molecule has 2 heterocycles. The normalized spacial score (nSPS) is 12.7.